The van der Waals surface area contributed by atoms with Crippen molar-refractivity contribution >= 4 is 5.91 Å². The molecule has 0 unspecified atom stereocenters. The van der Waals surface area contributed by atoms with Gasteiger partial charge in [0.2, 0.25) is 0 Å². The van der Waals surface area contributed by atoms with E-state index in [2.05, 4.69) is 10.2 Å². The largest absolute Gasteiger partial charge is 0.390 e. The van der Waals surface area contributed by atoms with Crippen LogP contribution in [0.4, 0.5) is 0 Å². The van der Waals surface area contributed by atoms with Gasteiger partial charge in [-0.25, -0.2) is 0 Å². The molecule has 0 spiro atoms. The van der Waals surface area contributed by atoms with Crippen molar-refractivity contribution in [2.24, 2.45) is 0 Å². The van der Waals surface area contributed by atoms with E-state index in [1.165, 1.54) is 12.8 Å². The normalized spacial score (nSPS) is 17.6. The van der Waals surface area contributed by atoms with Gasteiger partial charge >= 0.3 is 0 Å². The Bertz CT molecular complexity index is 375. The van der Waals surface area contributed by atoms with Gasteiger partial charge in [-0.15, -0.1) is 0 Å². The second-order valence-electron chi connectivity index (χ2n) is 4.74. The van der Waals surface area contributed by atoms with Crippen LogP contribution in [0.2, 0.25) is 0 Å². The third-order valence-corrected chi connectivity index (χ3v) is 3.20. The second-order valence-corrected chi connectivity index (χ2v) is 4.74. The summed E-state index contributed by atoms with van der Waals surface area (Å²) in [4.78, 5) is 14.0. The summed E-state index contributed by atoms with van der Waals surface area (Å²) in [5, 5.41) is 12.6. The third kappa shape index (κ3) is 3.82. The molecule has 1 aromatic rings. The van der Waals surface area contributed by atoms with Crippen molar-refractivity contribution in [1.29, 1.82) is 0 Å². The molecule has 1 saturated heterocycles. The third-order valence-electron chi connectivity index (χ3n) is 3.20. The summed E-state index contributed by atoms with van der Waals surface area (Å²) in [5.41, 5.74) is 0.630. The first-order valence-electron chi connectivity index (χ1n) is 6.49. The van der Waals surface area contributed by atoms with E-state index in [1.807, 2.05) is 18.2 Å². The van der Waals surface area contributed by atoms with Gasteiger partial charge < -0.3 is 15.3 Å². The van der Waals surface area contributed by atoms with Crippen LogP contribution in [-0.4, -0.2) is 48.2 Å². The minimum Gasteiger partial charge on any atom is -0.390 e. The Morgan fingerprint density at radius 3 is 2.61 bits per heavy atom. The highest BCUT2D eigenvalue weighted by atomic mass is 16.3. The molecule has 1 atom stereocenters. The minimum absolute atomic E-state index is 0.129. The highest BCUT2D eigenvalue weighted by Crippen LogP contribution is 2.07. The second kappa shape index (κ2) is 6.52. The lowest BCUT2D eigenvalue weighted by Crippen LogP contribution is -2.39. The van der Waals surface area contributed by atoms with Crippen LogP contribution in [-0.2, 0) is 0 Å². The molecule has 1 aromatic carbocycles. The average molecular weight is 248 g/mol. The number of β-amino-alcohol motifs (C(OH)–C–C–N with tert-alkyl or cyclic N) is 1. The number of benzene rings is 1. The standard InChI is InChI=1S/C14H20N2O2/c17-13(11-16-8-4-5-9-16)10-15-14(18)12-6-2-1-3-7-12/h1-3,6-7,13,17H,4-5,8-11H2,(H,15,18)/t13-/m1/s1. The lowest BCUT2D eigenvalue weighted by Gasteiger charge is -2.19. The first kappa shape index (κ1) is 13.1. The molecule has 0 aliphatic carbocycles. The van der Waals surface area contributed by atoms with Crippen LogP contribution in [0.1, 0.15) is 23.2 Å². The SMILES string of the molecule is O=C(NC[C@@H](O)CN1CCCC1)c1ccccc1. The zero-order chi connectivity index (χ0) is 12.8. The highest BCUT2D eigenvalue weighted by Gasteiger charge is 2.16. The topological polar surface area (TPSA) is 52.6 Å². The molecule has 1 aliphatic heterocycles. The number of carbonyl (C=O) groups is 1. The van der Waals surface area contributed by atoms with Gasteiger partial charge in [0.15, 0.2) is 0 Å². The fraction of sp³-hybridized carbons (Fsp3) is 0.500. The Morgan fingerprint density at radius 1 is 1.28 bits per heavy atom. The molecule has 0 saturated carbocycles. The zero-order valence-electron chi connectivity index (χ0n) is 10.5. The number of likely N-dealkylation sites (tertiary alicyclic amines) is 1. The summed E-state index contributed by atoms with van der Waals surface area (Å²) < 4.78 is 0. The fourth-order valence-electron chi connectivity index (χ4n) is 2.23. The molecular weight excluding hydrogens is 228 g/mol. The predicted molar refractivity (Wildman–Crippen MR) is 70.5 cm³/mol. The van der Waals surface area contributed by atoms with E-state index < -0.39 is 6.10 Å². The molecule has 0 radical (unpaired) electrons. The Balaban J connectivity index is 1.72. The van der Waals surface area contributed by atoms with Crippen molar-refractivity contribution in [2.75, 3.05) is 26.2 Å². The Labute approximate surface area is 108 Å². The molecular formula is C14H20N2O2. The van der Waals surface area contributed by atoms with E-state index in [4.69, 9.17) is 0 Å². The predicted octanol–water partition coefficient (Wildman–Crippen LogP) is 0.873. The molecule has 18 heavy (non-hydrogen) atoms. The number of nitrogens with zero attached hydrogens (tertiary/aromatic N) is 1. The van der Waals surface area contributed by atoms with Crippen LogP contribution in [0, 0.1) is 0 Å². The van der Waals surface area contributed by atoms with Crippen LogP contribution in [0.25, 0.3) is 0 Å². The van der Waals surface area contributed by atoms with E-state index >= 15 is 0 Å². The molecule has 0 aromatic heterocycles. The van der Waals surface area contributed by atoms with Crippen molar-refractivity contribution in [3.05, 3.63) is 35.9 Å². The summed E-state index contributed by atoms with van der Waals surface area (Å²) in [6.45, 7) is 3.08. The maximum Gasteiger partial charge on any atom is 0.251 e. The van der Waals surface area contributed by atoms with Crippen LogP contribution in [0.5, 0.6) is 0 Å². The van der Waals surface area contributed by atoms with Gasteiger partial charge in [-0.3, -0.25) is 4.79 Å². The van der Waals surface area contributed by atoms with Crippen molar-refractivity contribution in [3.63, 3.8) is 0 Å². The number of carbonyl (C=O) groups excluding carboxylic acids is 1. The van der Waals surface area contributed by atoms with Crippen molar-refractivity contribution in [2.45, 2.75) is 18.9 Å². The van der Waals surface area contributed by atoms with Crippen LogP contribution in [0.15, 0.2) is 30.3 Å². The summed E-state index contributed by atoms with van der Waals surface area (Å²) in [6, 6.07) is 9.06. The number of hydrogen-bond acceptors (Lipinski definition) is 3. The number of rotatable bonds is 5. The maximum atomic E-state index is 11.8. The monoisotopic (exact) mass is 248 g/mol. The molecule has 1 heterocycles. The molecule has 98 valence electrons. The zero-order valence-corrected chi connectivity index (χ0v) is 10.5. The van der Waals surface area contributed by atoms with E-state index in [9.17, 15) is 9.90 Å². The van der Waals surface area contributed by atoms with Crippen molar-refractivity contribution in [3.8, 4) is 0 Å². The molecule has 1 amide bonds. The number of aliphatic hydroxyl groups excluding tert-OH is 1. The lowest BCUT2D eigenvalue weighted by atomic mass is 10.2. The van der Waals surface area contributed by atoms with Gasteiger partial charge in [0.25, 0.3) is 5.91 Å². The van der Waals surface area contributed by atoms with Gasteiger partial charge in [-0.1, -0.05) is 18.2 Å². The summed E-state index contributed by atoms with van der Waals surface area (Å²) in [5.74, 6) is -0.129. The van der Waals surface area contributed by atoms with Gasteiger partial charge in [0, 0.05) is 18.7 Å². The molecule has 1 aliphatic rings. The minimum atomic E-state index is -0.490. The van der Waals surface area contributed by atoms with Crippen LogP contribution < -0.4 is 5.32 Å². The van der Waals surface area contributed by atoms with Crippen molar-refractivity contribution in [1.82, 2.24) is 10.2 Å². The van der Waals surface area contributed by atoms with Gasteiger partial charge in [0.1, 0.15) is 0 Å². The fourth-order valence-corrected chi connectivity index (χ4v) is 2.23. The lowest BCUT2D eigenvalue weighted by molar-refractivity contribution is 0.0879. The summed E-state index contributed by atoms with van der Waals surface area (Å²) in [6.07, 6.45) is 1.93. The molecule has 2 rings (SSSR count). The molecule has 1 fully saturated rings. The van der Waals surface area contributed by atoms with Gasteiger partial charge in [-0.2, -0.15) is 0 Å². The first-order chi connectivity index (χ1) is 8.75. The maximum absolute atomic E-state index is 11.8. The Kier molecular flexibility index (Phi) is 4.73. The molecule has 4 heteroatoms. The number of aliphatic hydroxyl groups is 1. The van der Waals surface area contributed by atoms with Crippen LogP contribution in [0.3, 0.4) is 0 Å². The molecule has 4 nitrogen and oxygen atoms in total. The number of nitrogens with one attached hydrogen (secondary N) is 1. The van der Waals surface area contributed by atoms with Gasteiger partial charge in [0.05, 0.1) is 6.10 Å². The Morgan fingerprint density at radius 2 is 1.94 bits per heavy atom. The number of amides is 1. The molecule has 0 bridgehead atoms. The molecule has 2 N–H and O–H groups in total. The van der Waals surface area contributed by atoms with E-state index in [-0.39, 0.29) is 5.91 Å². The van der Waals surface area contributed by atoms with E-state index in [0.717, 1.165) is 13.1 Å². The highest BCUT2D eigenvalue weighted by molar-refractivity contribution is 5.94. The van der Waals surface area contributed by atoms with Crippen LogP contribution >= 0.6 is 0 Å². The van der Waals surface area contributed by atoms with E-state index in [1.54, 1.807) is 12.1 Å². The van der Waals surface area contributed by atoms with E-state index in [0.29, 0.717) is 18.7 Å². The smallest absolute Gasteiger partial charge is 0.251 e. The quantitative estimate of drug-likeness (QED) is 0.813. The summed E-state index contributed by atoms with van der Waals surface area (Å²) in [7, 11) is 0. The average Bonchev–Trinajstić information content (AvgIpc) is 2.90. The van der Waals surface area contributed by atoms with Crippen molar-refractivity contribution < 1.29 is 9.90 Å². The van der Waals surface area contributed by atoms with Gasteiger partial charge in [-0.05, 0) is 38.1 Å². The first-order valence-corrected chi connectivity index (χ1v) is 6.49. The summed E-state index contributed by atoms with van der Waals surface area (Å²) >= 11 is 0. The Hall–Kier alpha value is -1.39. The number of hydrogen-bond donors (Lipinski definition) is 2.